The maximum Gasteiger partial charge on any atom is 0.410 e. The van der Waals surface area contributed by atoms with Gasteiger partial charge in [-0.1, -0.05) is 11.6 Å². The zero-order valence-corrected chi connectivity index (χ0v) is 20.9. The first-order valence-corrected chi connectivity index (χ1v) is 12.4. The molecular formula is C20H27ClFN5O5S. The van der Waals surface area contributed by atoms with Crippen LogP contribution >= 0.6 is 11.6 Å². The van der Waals surface area contributed by atoms with Gasteiger partial charge in [-0.25, -0.2) is 32.6 Å². The van der Waals surface area contributed by atoms with Crippen molar-refractivity contribution in [3.63, 3.8) is 0 Å². The Bertz CT molecular complexity index is 1170. The third-order valence-corrected chi connectivity index (χ3v) is 6.35. The van der Waals surface area contributed by atoms with E-state index in [9.17, 15) is 17.6 Å². The number of methoxy groups -OCH3 is 1. The van der Waals surface area contributed by atoms with Gasteiger partial charge in [-0.2, -0.15) is 0 Å². The second-order valence-corrected chi connectivity index (χ2v) is 11.2. The van der Waals surface area contributed by atoms with Gasteiger partial charge in [0.05, 0.1) is 24.1 Å². The molecule has 33 heavy (non-hydrogen) atoms. The minimum atomic E-state index is -3.86. The van der Waals surface area contributed by atoms with Gasteiger partial charge < -0.3 is 19.3 Å². The number of rotatable bonds is 5. The largest absolute Gasteiger partial charge is 0.444 e. The molecule has 13 heteroatoms. The van der Waals surface area contributed by atoms with Gasteiger partial charge in [0.1, 0.15) is 16.9 Å². The molecule has 0 bridgehead atoms. The van der Waals surface area contributed by atoms with Crippen molar-refractivity contribution >= 4 is 44.3 Å². The van der Waals surface area contributed by atoms with Crippen LogP contribution in [0.1, 0.15) is 27.2 Å². The number of aromatic nitrogens is 3. The van der Waals surface area contributed by atoms with Crippen LogP contribution in [0.4, 0.5) is 15.0 Å². The van der Waals surface area contributed by atoms with Crippen molar-refractivity contribution in [1.29, 1.82) is 0 Å². The Balaban J connectivity index is 2.08. The fourth-order valence-electron chi connectivity index (χ4n) is 3.80. The van der Waals surface area contributed by atoms with Crippen molar-refractivity contribution in [2.75, 3.05) is 38.5 Å². The number of fused-ring (bicyclic) bond motifs is 1. The molecular weight excluding hydrogens is 477 g/mol. The maximum absolute atomic E-state index is 14.7. The first kappa shape index (κ1) is 25.3. The lowest BCUT2D eigenvalue weighted by molar-refractivity contribution is 0.0136. The predicted octanol–water partition coefficient (Wildman–Crippen LogP) is 2.68. The number of hydrogen-bond donors (Lipinski definition) is 0. The highest BCUT2D eigenvalue weighted by Gasteiger charge is 2.42. The van der Waals surface area contributed by atoms with E-state index in [4.69, 9.17) is 21.1 Å². The molecule has 1 aliphatic rings. The number of sulfone groups is 1. The van der Waals surface area contributed by atoms with Crippen LogP contribution in [0.5, 0.6) is 0 Å². The van der Waals surface area contributed by atoms with E-state index in [0.29, 0.717) is 13.0 Å². The number of hydrogen-bond acceptors (Lipinski definition) is 9. The molecule has 0 unspecified atom stereocenters. The molecule has 0 aromatic carbocycles. The first-order chi connectivity index (χ1) is 15.2. The molecule has 2 aromatic heterocycles. The number of carbonyl (C=O) groups is 1. The van der Waals surface area contributed by atoms with E-state index in [1.54, 1.807) is 37.6 Å². The molecule has 1 aliphatic heterocycles. The van der Waals surface area contributed by atoms with Crippen molar-refractivity contribution in [2.45, 2.75) is 50.0 Å². The summed E-state index contributed by atoms with van der Waals surface area (Å²) >= 11 is 5.80. The summed E-state index contributed by atoms with van der Waals surface area (Å²) in [6, 6.07) is -0.756. The van der Waals surface area contributed by atoms with Crippen molar-refractivity contribution < 1.29 is 27.1 Å². The Hall–Kier alpha value is -2.31. The molecule has 182 valence electrons. The van der Waals surface area contributed by atoms with E-state index in [2.05, 4.69) is 15.0 Å². The Morgan fingerprint density at radius 3 is 2.61 bits per heavy atom. The van der Waals surface area contributed by atoms with Crippen LogP contribution in [0.2, 0.25) is 5.15 Å². The van der Waals surface area contributed by atoms with Gasteiger partial charge in [0.2, 0.25) is 15.0 Å². The number of nitrogens with zero attached hydrogens (tertiary/aromatic N) is 5. The fourth-order valence-corrected chi connectivity index (χ4v) is 4.45. The number of amides is 1. The molecule has 0 aliphatic carbocycles. The van der Waals surface area contributed by atoms with Crippen LogP contribution in [-0.4, -0.2) is 85.6 Å². The van der Waals surface area contributed by atoms with E-state index in [-0.39, 0.29) is 29.4 Å². The van der Waals surface area contributed by atoms with Gasteiger partial charge in [0.25, 0.3) is 0 Å². The fraction of sp³-hybridized carbons (Fsp3) is 0.600. The first-order valence-electron chi connectivity index (χ1n) is 10.2. The zero-order chi connectivity index (χ0) is 24.7. The summed E-state index contributed by atoms with van der Waals surface area (Å²) in [5, 5.41) is -0.773. The monoisotopic (exact) mass is 503 g/mol. The topological polar surface area (TPSA) is 115 Å². The second-order valence-electron chi connectivity index (χ2n) is 8.89. The Morgan fingerprint density at radius 2 is 2.03 bits per heavy atom. The number of ether oxygens (including phenoxy) is 2. The quantitative estimate of drug-likeness (QED) is 0.448. The summed E-state index contributed by atoms with van der Waals surface area (Å²) in [6.07, 6.45) is 2.27. The zero-order valence-electron chi connectivity index (χ0n) is 19.3. The van der Waals surface area contributed by atoms with E-state index in [1.165, 1.54) is 13.3 Å². The second kappa shape index (κ2) is 9.15. The molecule has 0 saturated carbocycles. The summed E-state index contributed by atoms with van der Waals surface area (Å²) in [7, 11) is -0.654. The average molecular weight is 504 g/mol. The highest BCUT2D eigenvalue weighted by atomic mass is 35.5. The van der Waals surface area contributed by atoms with Crippen LogP contribution in [0.25, 0.3) is 10.9 Å². The minimum absolute atomic E-state index is 0.153. The number of carbonyl (C=O) groups excluding carboxylic acids is 1. The smallest absolute Gasteiger partial charge is 0.410 e. The molecule has 2 aromatic rings. The van der Waals surface area contributed by atoms with Gasteiger partial charge >= 0.3 is 6.09 Å². The Kier molecular flexibility index (Phi) is 7.02. The number of pyridine rings is 1. The summed E-state index contributed by atoms with van der Waals surface area (Å²) in [5.41, 5.74) is -0.924. The number of likely N-dealkylation sites (N-methyl/N-ethyl adjacent to an activating group) is 1. The van der Waals surface area contributed by atoms with Crippen molar-refractivity contribution in [3.8, 4) is 0 Å². The number of likely N-dealkylation sites (tertiary alicyclic amines) is 1. The number of halogens is 2. The van der Waals surface area contributed by atoms with Gasteiger partial charge in [0.15, 0.2) is 11.0 Å². The maximum atomic E-state index is 14.7. The summed E-state index contributed by atoms with van der Waals surface area (Å²) in [4.78, 5) is 28.0. The molecule has 0 N–H and O–H groups in total. The lowest BCUT2D eigenvalue weighted by atomic mass is 10.1. The highest BCUT2D eigenvalue weighted by molar-refractivity contribution is 7.90. The third-order valence-electron chi connectivity index (χ3n) is 5.24. The van der Waals surface area contributed by atoms with E-state index < -0.39 is 43.7 Å². The van der Waals surface area contributed by atoms with Crippen molar-refractivity contribution in [3.05, 3.63) is 17.2 Å². The lowest BCUT2D eigenvalue weighted by Crippen LogP contribution is -2.49. The van der Waals surface area contributed by atoms with Gasteiger partial charge in [-0.05, 0) is 27.2 Å². The van der Waals surface area contributed by atoms with Crippen LogP contribution in [0.15, 0.2) is 11.4 Å². The van der Waals surface area contributed by atoms with Crippen LogP contribution in [0, 0.1) is 5.82 Å². The molecule has 10 nitrogen and oxygen atoms in total. The normalized spacial score (nSPS) is 19.2. The molecule has 2 atom stereocenters. The summed E-state index contributed by atoms with van der Waals surface area (Å²) in [5.74, 6) is -0.785. The molecule has 1 amide bonds. The minimum Gasteiger partial charge on any atom is -0.444 e. The van der Waals surface area contributed by atoms with Gasteiger partial charge in [-0.15, -0.1) is 0 Å². The standard InChI is InChI=1S/C20H27ClFN5O5S/c1-20(2,3)32-19(28)27-8-7-12(13(27)10-31-5)26(4)17-11-9-23-16(21)14(22)15(11)24-18(25-17)33(6,29)30/h9,12-13H,7-8,10H2,1-6H3/t12-,13-/m1/s1. The van der Waals surface area contributed by atoms with Crippen LogP contribution in [0.3, 0.4) is 0 Å². The van der Waals surface area contributed by atoms with E-state index in [1.807, 2.05) is 0 Å². The van der Waals surface area contributed by atoms with E-state index in [0.717, 1.165) is 6.26 Å². The van der Waals surface area contributed by atoms with Gasteiger partial charge in [0, 0.05) is 33.2 Å². The lowest BCUT2D eigenvalue weighted by Gasteiger charge is -2.34. The summed E-state index contributed by atoms with van der Waals surface area (Å²) in [6.45, 7) is 5.93. The molecule has 0 radical (unpaired) electrons. The highest BCUT2D eigenvalue weighted by Crippen LogP contribution is 2.33. The molecule has 0 spiro atoms. The van der Waals surface area contributed by atoms with Gasteiger partial charge in [-0.3, -0.25) is 0 Å². The molecule has 3 heterocycles. The van der Waals surface area contributed by atoms with Crippen LogP contribution in [-0.2, 0) is 19.3 Å². The Morgan fingerprint density at radius 1 is 1.36 bits per heavy atom. The predicted molar refractivity (Wildman–Crippen MR) is 121 cm³/mol. The SMILES string of the molecule is COC[C@@H]1[C@H](N(C)c2nc(S(C)(=O)=O)nc3c(F)c(Cl)ncc23)CCN1C(=O)OC(C)(C)C. The number of anilines is 1. The van der Waals surface area contributed by atoms with E-state index >= 15 is 0 Å². The third kappa shape index (κ3) is 5.28. The summed E-state index contributed by atoms with van der Waals surface area (Å²) < 4.78 is 50.0. The molecule has 3 rings (SSSR count). The Labute approximate surface area is 197 Å². The molecule has 1 fully saturated rings. The van der Waals surface area contributed by atoms with Crippen LogP contribution < -0.4 is 4.90 Å². The van der Waals surface area contributed by atoms with Crippen molar-refractivity contribution in [2.24, 2.45) is 0 Å². The average Bonchev–Trinajstić information content (AvgIpc) is 3.11. The molecule has 1 saturated heterocycles. The van der Waals surface area contributed by atoms with Crippen molar-refractivity contribution in [1.82, 2.24) is 19.9 Å².